The van der Waals surface area contributed by atoms with Gasteiger partial charge in [-0.1, -0.05) is 11.8 Å². The van der Waals surface area contributed by atoms with E-state index in [2.05, 4.69) is 15.1 Å². The number of hydrogen-bond donors (Lipinski definition) is 0. The van der Waals surface area contributed by atoms with Gasteiger partial charge >= 0.3 is 0 Å². The first-order valence-electron chi connectivity index (χ1n) is 9.78. The summed E-state index contributed by atoms with van der Waals surface area (Å²) in [5.41, 5.74) is 3.28. The van der Waals surface area contributed by atoms with Crippen molar-refractivity contribution in [2.24, 2.45) is 7.05 Å². The van der Waals surface area contributed by atoms with Gasteiger partial charge < -0.3 is 14.2 Å². The van der Waals surface area contributed by atoms with Crippen LogP contribution in [0.15, 0.2) is 35.5 Å². The third-order valence-electron chi connectivity index (χ3n) is 5.25. The minimum Gasteiger partial charge on any atom is -0.378 e. The number of thioether (sulfide) groups is 1. The van der Waals surface area contributed by atoms with Gasteiger partial charge in [0, 0.05) is 42.8 Å². The maximum Gasteiger partial charge on any atom is 0.227 e. The molecule has 158 valence electrons. The van der Waals surface area contributed by atoms with E-state index in [0.29, 0.717) is 23.9 Å². The molecular formula is C21H24FN5O2S. The van der Waals surface area contributed by atoms with Gasteiger partial charge in [0.25, 0.3) is 0 Å². The highest BCUT2D eigenvalue weighted by Crippen LogP contribution is 2.25. The number of anilines is 1. The Labute approximate surface area is 178 Å². The monoisotopic (exact) mass is 429 g/mol. The molecule has 1 saturated heterocycles. The Kier molecular flexibility index (Phi) is 5.92. The number of rotatable bonds is 6. The van der Waals surface area contributed by atoms with E-state index in [1.165, 1.54) is 23.9 Å². The highest BCUT2D eigenvalue weighted by Gasteiger charge is 2.21. The van der Waals surface area contributed by atoms with E-state index >= 15 is 0 Å². The van der Waals surface area contributed by atoms with Crippen LogP contribution in [0.2, 0.25) is 0 Å². The zero-order valence-corrected chi connectivity index (χ0v) is 18.1. The summed E-state index contributed by atoms with van der Waals surface area (Å²) in [4.78, 5) is 15.1. The molecule has 0 amide bonds. The Bertz CT molecular complexity index is 1050. The molecule has 2 aromatic heterocycles. The summed E-state index contributed by atoms with van der Waals surface area (Å²) in [7, 11) is 1.91. The van der Waals surface area contributed by atoms with Crippen molar-refractivity contribution in [3.63, 3.8) is 0 Å². The third kappa shape index (κ3) is 3.99. The molecule has 9 heteroatoms. The molecule has 0 saturated carbocycles. The highest BCUT2D eigenvalue weighted by molar-refractivity contribution is 7.99. The molecule has 1 aliphatic heterocycles. The van der Waals surface area contributed by atoms with Gasteiger partial charge in [0.1, 0.15) is 5.82 Å². The Hall–Kier alpha value is -2.65. The minimum atomic E-state index is -0.283. The second-order valence-electron chi connectivity index (χ2n) is 7.25. The quantitative estimate of drug-likeness (QED) is 0.443. The number of carbonyl (C=O) groups excluding carboxylic acids is 1. The molecule has 3 aromatic rings. The topological polar surface area (TPSA) is 65.2 Å². The summed E-state index contributed by atoms with van der Waals surface area (Å²) in [6.07, 6.45) is 0. The van der Waals surface area contributed by atoms with Crippen molar-refractivity contribution in [2.75, 3.05) is 37.0 Å². The van der Waals surface area contributed by atoms with E-state index in [9.17, 15) is 9.18 Å². The Morgan fingerprint density at radius 2 is 1.87 bits per heavy atom. The fourth-order valence-corrected chi connectivity index (χ4v) is 4.50. The summed E-state index contributed by atoms with van der Waals surface area (Å²) in [5.74, 6) is 0.803. The average Bonchev–Trinajstić information content (AvgIpc) is 3.26. The maximum absolute atomic E-state index is 13.3. The molecule has 1 fully saturated rings. The van der Waals surface area contributed by atoms with Crippen molar-refractivity contribution in [1.82, 2.24) is 19.3 Å². The van der Waals surface area contributed by atoms with E-state index in [1.54, 1.807) is 12.1 Å². The fraction of sp³-hybridized carbons (Fsp3) is 0.381. The van der Waals surface area contributed by atoms with Crippen LogP contribution in [0.1, 0.15) is 21.7 Å². The largest absolute Gasteiger partial charge is 0.378 e. The average molecular weight is 430 g/mol. The fourth-order valence-electron chi connectivity index (χ4n) is 3.71. The number of aromatic nitrogens is 4. The van der Waals surface area contributed by atoms with Crippen molar-refractivity contribution in [1.29, 1.82) is 0 Å². The lowest BCUT2D eigenvalue weighted by Gasteiger charge is -2.27. The van der Waals surface area contributed by atoms with Gasteiger partial charge in [0.05, 0.1) is 19.0 Å². The number of ketones is 1. The lowest BCUT2D eigenvalue weighted by atomic mass is 10.2. The van der Waals surface area contributed by atoms with Crippen LogP contribution in [0.4, 0.5) is 10.3 Å². The number of carbonyl (C=O) groups is 1. The van der Waals surface area contributed by atoms with Crippen molar-refractivity contribution in [2.45, 2.75) is 19.0 Å². The minimum absolute atomic E-state index is 0.0254. The van der Waals surface area contributed by atoms with Gasteiger partial charge in [0.15, 0.2) is 10.9 Å². The van der Waals surface area contributed by atoms with Crippen LogP contribution in [0.5, 0.6) is 0 Å². The molecule has 30 heavy (non-hydrogen) atoms. The molecule has 3 heterocycles. The van der Waals surface area contributed by atoms with Gasteiger partial charge in [-0.2, -0.15) is 0 Å². The van der Waals surface area contributed by atoms with Crippen molar-refractivity contribution < 1.29 is 13.9 Å². The SMILES string of the molecule is Cc1cc(C(=O)CSc2nnc(N3CCOCC3)n2C)c(C)n1-c1ccc(F)cc1. The van der Waals surface area contributed by atoms with E-state index in [-0.39, 0.29) is 17.4 Å². The zero-order valence-electron chi connectivity index (χ0n) is 17.3. The van der Waals surface area contributed by atoms with Crippen LogP contribution in [-0.4, -0.2) is 57.2 Å². The summed E-state index contributed by atoms with van der Waals surface area (Å²) >= 11 is 1.38. The normalized spacial score (nSPS) is 14.3. The second kappa shape index (κ2) is 8.61. The third-order valence-corrected chi connectivity index (χ3v) is 6.27. The van der Waals surface area contributed by atoms with E-state index in [1.807, 2.05) is 36.1 Å². The predicted molar refractivity (Wildman–Crippen MR) is 114 cm³/mol. The number of aryl methyl sites for hydroxylation is 1. The number of nitrogens with zero attached hydrogens (tertiary/aromatic N) is 5. The predicted octanol–water partition coefficient (Wildman–Crippen LogP) is 3.17. The summed E-state index contributed by atoms with van der Waals surface area (Å²) in [6, 6.07) is 8.16. The summed E-state index contributed by atoms with van der Waals surface area (Å²) in [5, 5.41) is 9.25. The molecular weight excluding hydrogens is 405 g/mol. The zero-order chi connectivity index (χ0) is 21.3. The Morgan fingerprint density at radius 1 is 1.17 bits per heavy atom. The Balaban J connectivity index is 1.48. The first kappa shape index (κ1) is 20.6. The van der Waals surface area contributed by atoms with Crippen LogP contribution in [0.3, 0.4) is 0 Å². The van der Waals surface area contributed by atoms with E-state index < -0.39 is 0 Å². The molecule has 0 N–H and O–H groups in total. The number of ether oxygens (including phenoxy) is 1. The molecule has 1 aliphatic rings. The smallest absolute Gasteiger partial charge is 0.227 e. The number of morpholine rings is 1. The Morgan fingerprint density at radius 3 is 2.57 bits per heavy atom. The number of benzene rings is 1. The van der Waals surface area contributed by atoms with Crippen LogP contribution in [0, 0.1) is 19.7 Å². The van der Waals surface area contributed by atoms with Crippen LogP contribution < -0.4 is 4.90 Å². The molecule has 0 radical (unpaired) electrons. The number of halogens is 1. The molecule has 1 aromatic carbocycles. The van der Waals surface area contributed by atoms with Crippen molar-refractivity contribution in [3.05, 3.63) is 53.1 Å². The second-order valence-corrected chi connectivity index (χ2v) is 8.19. The molecule has 0 unspecified atom stereocenters. The van der Waals surface area contributed by atoms with E-state index in [4.69, 9.17) is 4.74 Å². The molecule has 7 nitrogen and oxygen atoms in total. The molecule has 0 aliphatic carbocycles. The van der Waals surface area contributed by atoms with Crippen LogP contribution in [-0.2, 0) is 11.8 Å². The number of Topliss-reactive ketones (excluding diaryl/α,β-unsaturated/α-hetero) is 1. The standard InChI is InChI=1S/C21H24FN5O2S/c1-14-12-18(15(2)27(14)17-6-4-16(22)5-7-17)19(28)13-30-21-24-23-20(25(21)3)26-8-10-29-11-9-26/h4-7,12H,8-11,13H2,1-3H3. The van der Waals surface area contributed by atoms with Gasteiger partial charge in [-0.15, -0.1) is 10.2 Å². The first-order chi connectivity index (χ1) is 14.5. The lowest BCUT2D eigenvalue weighted by molar-refractivity contribution is 0.102. The first-order valence-corrected chi connectivity index (χ1v) is 10.8. The van der Waals surface area contributed by atoms with E-state index in [0.717, 1.165) is 36.1 Å². The lowest BCUT2D eigenvalue weighted by Crippen LogP contribution is -2.37. The number of hydrogen-bond acceptors (Lipinski definition) is 6. The van der Waals surface area contributed by atoms with Gasteiger partial charge in [0.2, 0.25) is 5.95 Å². The van der Waals surface area contributed by atoms with Crippen LogP contribution >= 0.6 is 11.8 Å². The van der Waals surface area contributed by atoms with Crippen LogP contribution in [0.25, 0.3) is 5.69 Å². The molecule has 0 spiro atoms. The van der Waals surface area contributed by atoms with Crippen molar-refractivity contribution in [3.8, 4) is 5.69 Å². The molecule has 0 bridgehead atoms. The van der Waals surface area contributed by atoms with Gasteiger partial charge in [-0.25, -0.2) is 4.39 Å². The van der Waals surface area contributed by atoms with Gasteiger partial charge in [-0.05, 0) is 44.2 Å². The highest BCUT2D eigenvalue weighted by atomic mass is 32.2. The molecule has 0 atom stereocenters. The van der Waals surface area contributed by atoms with Crippen molar-refractivity contribution >= 4 is 23.5 Å². The summed E-state index contributed by atoms with van der Waals surface area (Å²) < 4.78 is 22.5. The van der Waals surface area contributed by atoms with Gasteiger partial charge in [-0.3, -0.25) is 9.36 Å². The maximum atomic E-state index is 13.3. The summed E-state index contributed by atoms with van der Waals surface area (Å²) in [6.45, 7) is 6.77. The molecule has 4 rings (SSSR count).